The highest BCUT2D eigenvalue weighted by atomic mass is 32.2. The van der Waals surface area contributed by atoms with Crippen molar-refractivity contribution in [1.82, 2.24) is 19.1 Å². The quantitative estimate of drug-likeness (QED) is 0.300. The summed E-state index contributed by atoms with van der Waals surface area (Å²) in [4.78, 5) is 19.9. The third kappa shape index (κ3) is 5.58. The van der Waals surface area contributed by atoms with Gasteiger partial charge in [0, 0.05) is 37.3 Å². The minimum atomic E-state index is -3.73. The molecule has 1 aliphatic rings. The van der Waals surface area contributed by atoms with Crippen LogP contribution >= 0.6 is 11.3 Å². The molecule has 5 rings (SSSR count). The van der Waals surface area contributed by atoms with Gasteiger partial charge in [0.15, 0.2) is 10.9 Å². The zero-order valence-electron chi connectivity index (χ0n) is 22.3. The molecule has 0 saturated carbocycles. The fraction of sp³-hybridized carbons (Fsp3) is 0.370. The summed E-state index contributed by atoms with van der Waals surface area (Å²) in [6, 6.07) is 10.1. The fourth-order valence-electron chi connectivity index (χ4n) is 4.92. The van der Waals surface area contributed by atoms with E-state index in [1.165, 1.54) is 34.5 Å². The van der Waals surface area contributed by atoms with Gasteiger partial charge in [0.2, 0.25) is 15.9 Å². The minimum absolute atomic E-state index is 0.00529. The van der Waals surface area contributed by atoms with E-state index >= 15 is 0 Å². The van der Waals surface area contributed by atoms with Crippen molar-refractivity contribution in [2.75, 3.05) is 31.6 Å². The number of nitrogens with zero attached hydrogens (tertiary/aromatic N) is 5. The summed E-state index contributed by atoms with van der Waals surface area (Å²) < 4.78 is 63.2. The maximum atomic E-state index is 14.4. The molecule has 0 atom stereocenters. The van der Waals surface area contributed by atoms with Gasteiger partial charge in [-0.2, -0.15) is 9.40 Å². The van der Waals surface area contributed by atoms with E-state index in [9.17, 15) is 22.0 Å². The van der Waals surface area contributed by atoms with E-state index in [4.69, 9.17) is 4.74 Å². The second kappa shape index (κ2) is 11.2. The number of methoxy groups -OCH3 is 1. The molecule has 1 fully saturated rings. The second-order valence-corrected chi connectivity index (χ2v) is 12.7. The van der Waals surface area contributed by atoms with E-state index in [-0.39, 0.29) is 41.1 Å². The van der Waals surface area contributed by atoms with Crippen LogP contribution in [0.4, 0.5) is 13.9 Å². The number of hydrogen-bond donors (Lipinski definition) is 0. The lowest BCUT2D eigenvalue weighted by Gasteiger charge is -2.33. The Hall–Kier alpha value is -3.42. The van der Waals surface area contributed by atoms with Gasteiger partial charge in [-0.25, -0.2) is 22.2 Å². The van der Waals surface area contributed by atoms with Crippen molar-refractivity contribution in [3.05, 3.63) is 65.5 Å². The summed E-state index contributed by atoms with van der Waals surface area (Å²) in [5.74, 6) is -1.65. The molecular formula is C27H29F2N5O4S2. The number of halogens is 2. The maximum absolute atomic E-state index is 14.4. The molecule has 3 heterocycles. The van der Waals surface area contributed by atoms with Gasteiger partial charge in [0.05, 0.1) is 28.9 Å². The summed E-state index contributed by atoms with van der Waals surface area (Å²) in [6.45, 7) is 4.75. The number of aromatic nitrogens is 3. The van der Waals surface area contributed by atoms with Crippen LogP contribution in [-0.2, 0) is 21.4 Å². The highest BCUT2D eigenvalue weighted by Crippen LogP contribution is 2.34. The largest absolute Gasteiger partial charge is 0.497 e. The Morgan fingerprint density at radius 1 is 1.12 bits per heavy atom. The average molecular weight is 590 g/mol. The van der Waals surface area contributed by atoms with Gasteiger partial charge in [-0.15, -0.1) is 0 Å². The number of fused-ring (bicyclic) bond motifs is 1. The van der Waals surface area contributed by atoms with E-state index in [0.717, 1.165) is 28.8 Å². The van der Waals surface area contributed by atoms with E-state index in [1.807, 2.05) is 19.9 Å². The smallest absolute Gasteiger partial charge is 0.243 e. The number of amides is 1. The molecule has 4 aromatic rings. The molecule has 1 saturated heterocycles. The lowest BCUT2D eigenvalue weighted by atomic mass is 9.96. The Morgan fingerprint density at radius 3 is 2.45 bits per heavy atom. The van der Waals surface area contributed by atoms with Gasteiger partial charge in [-0.3, -0.25) is 14.4 Å². The van der Waals surface area contributed by atoms with Gasteiger partial charge >= 0.3 is 0 Å². The number of ether oxygens (including phenoxy) is 1. The van der Waals surface area contributed by atoms with Gasteiger partial charge in [-0.1, -0.05) is 11.3 Å². The standard InChI is InChI=1S/C27H29F2N5O4S2/c1-17-14-18(2)34(31-17)13-12-33(27-30-25-23(29)15-20(28)16-24(25)39-27)26(35)19-8-10-32(11-9-19)40(36,37)22-6-4-21(38-3)5-7-22/h4-7,14-16,19H,8-13H2,1-3H3. The Bertz CT molecular complexity index is 1650. The summed E-state index contributed by atoms with van der Waals surface area (Å²) in [7, 11) is -2.22. The van der Waals surface area contributed by atoms with Crippen LogP contribution in [0.5, 0.6) is 5.75 Å². The predicted octanol–water partition coefficient (Wildman–Crippen LogP) is 4.53. The first-order valence-electron chi connectivity index (χ1n) is 12.8. The molecule has 0 bridgehead atoms. The van der Waals surface area contributed by atoms with Crippen molar-refractivity contribution in [3.8, 4) is 5.75 Å². The summed E-state index contributed by atoms with van der Waals surface area (Å²) >= 11 is 1.04. The molecule has 0 aliphatic carbocycles. The molecule has 2 aromatic heterocycles. The van der Waals surface area contributed by atoms with E-state index < -0.39 is 27.6 Å². The number of carbonyl (C=O) groups excluding carboxylic acids is 1. The number of aryl methyl sites for hydroxylation is 2. The minimum Gasteiger partial charge on any atom is -0.497 e. The normalized spacial score (nSPS) is 15.0. The van der Waals surface area contributed by atoms with E-state index in [1.54, 1.807) is 16.8 Å². The number of rotatable bonds is 8. The molecule has 13 heteroatoms. The molecule has 9 nitrogen and oxygen atoms in total. The summed E-state index contributed by atoms with van der Waals surface area (Å²) in [5.41, 5.74) is 1.78. The number of anilines is 1. The first kappa shape index (κ1) is 28.1. The lowest BCUT2D eigenvalue weighted by Crippen LogP contribution is -2.45. The zero-order valence-corrected chi connectivity index (χ0v) is 23.9. The molecule has 1 amide bonds. The third-order valence-electron chi connectivity index (χ3n) is 7.04. The Kier molecular flexibility index (Phi) is 7.89. The highest BCUT2D eigenvalue weighted by Gasteiger charge is 2.35. The van der Waals surface area contributed by atoms with Crippen LogP contribution in [0.15, 0.2) is 47.4 Å². The first-order chi connectivity index (χ1) is 19.1. The number of sulfonamides is 1. The number of thiazole rings is 1. The molecule has 2 aromatic carbocycles. The molecule has 212 valence electrons. The van der Waals surface area contributed by atoms with Crippen molar-refractivity contribution >= 4 is 42.6 Å². The van der Waals surface area contributed by atoms with Crippen LogP contribution < -0.4 is 9.64 Å². The topological polar surface area (TPSA) is 97.6 Å². The molecule has 1 aliphatic heterocycles. The number of carbonyl (C=O) groups is 1. The summed E-state index contributed by atoms with van der Waals surface area (Å²) in [5, 5.41) is 4.73. The number of benzene rings is 2. The van der Waals surface area contributed by atoms with Gasteiger partial charge in [-0.05, 0) is 63.1 Å². The third-order valence-corrected chi connectivity index (χ3v) is 9.98. The molecule has 0 unspecified atom stereocenters. The second-order valence-electron chi connectivity index (χ2n) is 9.72. The van der Waals surface area contributed by atoms with Gasteiger partial charge in [0.25, 0.3) is 0 Å². The monoisotopic (exact) mass is 589 g/mol. The van der Waals surface area contributed by atoms with Crippen LogP contribution in [0.3, 0.4) is 0 Å². The van der Waals surface area contributed by atoms with E-state index in [0.29, 0.717) is 29.8 Å². The highest BCUT2D eigenvalue weighted by molar-refractivity contribution is 7.89. The Morgan fingerprint density at radius 2 is 1.82 bits per heavy atom. The van der Waals surface area contributed by atoms with Gasteiger partial charge in [0.1, 0.15) is 17.1 Å². The fourth-order valence-corrected chi connectivity index (χ4v) is 7.42. The summed E-state index contributed by atoms with van der Waals surface area (Å²) in [6.07, 6.45) is 0.636. The van der Waals surface area contributed by atoms with Crippen molar-refractivity contribution in [2.45, 2.75) is 38.1 Å². The molecule has 0 spiro atoms. The van der Waals surface area contributed by atoms with Crippen molar-refractivity contribution in [1.29, 1.82) is 0 Å². The van der Waals surface area contributed by atoms with Crippen molar-refractivity contribution in [3.63, 3.8) is 0 Å². The van der Waals surface area contributed by atoms with Gasteiger partial charge < -0.3 is 4.74 Å². The van der Waals surface area contributed by atoms with Crippen LogP contribution in [0.1, 0.15) is 24.2 Å². The number of piperidine rings is 1. The molecular weight excluding hydrogens is 560 g/mol. The maximum Gasteiger partial charge on any atom is 0.243 e. The first-order valence-corrected chi connectivity index (χ1v) is 15.0. The Balaban J connectivity index is 1.36. The molecule has 40 heavy (non-hydrogen) atoms. The average Bonchev–Trinajstić information content (AvgIpc) is 3.50. The van der Waals surface area contributed by atoms with Crippen molar-refractivity contribution in [2.24, 2.45) is 5.92 Å². The SMILES string of the molecule is COc1ccc(S(=O)(=O)N2CCC(C(=O)N(CCn3nc(C)cc3C)c3nc4c(F)cc(F)cc4s3)CC2)cc1. The molecule has 0 N–H and O–H groups in total. The van der Waals surface area contributed by atoms with Crippen LogP contribution in [0, 0.1) is 31.4 Å². The number of hydrogen-bond acceptors (Lipinski definition) is 7. The molecule has 0 radical (unpaired) electrons. The van der Waals surface area contributed by atoms with E-state index in [2.05, 4.69) is 10.1 Å². The Labute approximate surface area is 235 Å². The zero-order chi connectivity index (χ0) is 28.6. The van der Waals surface area contributed by atoms with Crippen molar-refractivity contribution < 1.29 is 26.7 Å². The lowest BCUT2D eigenvalue weighted by molar-refractivity contribution is -0.123. The van der Waals surface area contributed by atoms with Crippen LogP contribution in [0.2, 0.25) is 0 Å². The van der Waals surface area contributed by atoms with Crippen LogP contribution in [-0.4, -0.2) is 60.1 Å². The van der Waals surface area contributed by atoms with Crippen LogP contribution in [0.25, 0.3) is 10.2 Å². The predicted molar refractivity (Wildman–Crippen MR) is 148 cm³/mol.